The number of amides is 1. The molecule has 0 aliphatic carbocycles. The van der Waals surface area contributed by atoms with Gasteiger partial charge in [-0.3, -0.25) is 9.59 Å². The molecule has 1 amide bonds. The van der Waals surface area contributed by atoms with E-state index in [9.17, 15) is 9.59 Å². The number of nitrogens with two attached hydrogens (primary N) is 1. The Bertz CT molecular complexity index is 534. The van der Waals surface area contributed by atoms with Gasteiger partial charge < -0.3 is 25.6 Å². The van der Waals surface area contributed by atoms with E-state index in [0.717, 1.165) is 0 Å². The molecule has 0 saturated heterocycles. The van der Waals surface area contributed by atoms with Crippen molar-refractivity contribution in [2.75, 3.05) is 12.1 Å². The molecule has 0 fully saturated rings. The number of hydrogen-bond donors (Lipinski definition) is 3. The summed E-state index contributed by atoms with van der Waals surface area (Å²) in [7, 11) is 0. The van der Waals surface area contributed by atoms with E-state index in [0.29, 0.717) is 11.5 Å². The summed E-state index contributed by atoms with van der Waals surface area (Å²) in [4.78, 5) is 22.1. The maximum Gasteiger partial charge on any atom is 0.305 e. The number of aliphatic carboxylic acids is 1. The van der Waals surface area contributed by atoms with Gasteiger partial charge >= 0.3 is 5.97 Å². The van der Waals surface area contributed by atoms with Crippen LogP contribution >= 0.6 is 11.6 Å². The summed E-state index contributed by atoms with van der Waals surface area (Å²) in [5, 5.41) is 11.3. The minimum absolute atomic E-state index is 0.0849. The van der Waals surface area contributed by atoms with Crippen LogP contribution in [0.5, 0.6) is 11.5 Å². The summed E-state index contributed by atoms with van der Waals surface area (Å²) in [6.07, 6.45) is -0.464. The van der Waals surface area contributed by atoms with Crippen LogP contribution in [-0.4, -0.2) is 29.8 Å². The van der Waals surface area contributed by atoms with Crippen molar-refractivity contribution in [2.45, 2.75) is 12.5 Å². The number of carboxylic acid groups (broad SMARTS) is 1. The van der Waals surface area contributed by atoms with E-state index in [1.807, 2.05) is 0 Å². The Morgan fingerprint density at radius 3 is 2.68 bits per heavy atom. The van der Waals surface area contributed by atoms with Crippen molar-refractivity contribution in [1.29, 1.82) is 0 Å². The number of carboxylic acids is 1. The van der Waals surface area contributed by atoms with Crippen molar-refractivity contribution in [2.24, 2.45) is 5.73 Å². The van der Waals surface area contributed by atoms with Crippen molar-refractivity contribution in [3.8, 4) is 11.5 Å². The number of rotatable bonds is 4. The van der Waals surface area contributed by atoms with E-state index < -0.39 is 24.3 Å². The van der Waals surface area contributed by atoms with Crippen LogP contribution in [0.4, 0.5) is 5.69 Å². The van der Waals surface area contributed by atoms with Gasteiger partial charge in [0.1, 0.15) is 0 Å². The Morgan fingerprint density at radius 1 is 1.42 bits per heavy atom. The molecule has 1 atom stereocenters. The zero-order valence-corrected chi connectivity index (χ0v) is 10.4. The Balaban J connectivity index is 2.11. The molecule has 1 unspecified atom stereocenters. The number of anilines is 1. The maximum atomic E-state index is 11.7. The van der Waals surface area contributed by atoms with E-state index in [2.05, 4.69) is 5.32 Å². The summed E-state index contributed by atoms with van der Waals surface area (Å²) >= 11 is 5.95. The highest BCUT2D eigenvalue weighted by Crippen LogP contribution is 2.39. The Kier molecular flexibility index (Phi) is 3.77. The highest BCUT2D eigenvalue weighted by molar-refractivity contribution is 6.34. The number of carbonyl (C=O) groups excluding carboxylic acids is 1. The van der Waals surface area contributed by atoms with E-state index >= 15 is 0 Å². The molecule has 1 aliphatic rings. The van der Waals surface area contributed by atoms with Gasteiger partial charge in [0.15, 0.2) is 11.5 Å². The van der Waals surface area contributed by atoms with Crippen molar-refractivity contribution < 1.29 is 24.2 Å². The number of hydrogen-bond acceptors (Lipinski definition) is 5. The standard InChI is InChI=1S/C11H11ClN2O5/c12-5-1-8-9(19-4-18-8)3-7(5)14-11(17)6(13)2-10(15)16/h1,3,6H,2,4,13H2,(H,14,17)(H,15,16). The van der Waals surface area contributed by atoms with Gasteiger partial charge in [-0.2, -0.15) is 0 Å². The first-order valence-electron chi connectivity index (χ1n) is 5.34. The maximum absolute atomic E-state index is 11.7. The fourth-order valence-electron chi connectivity index (χ4n) is 1.52. The molecule has 8 heteroatoms. The van der Waals surface area contributed by atoms with Crippen LogP contribution in [0.1, 0.15) is 6.42 Å². The smallest absolute Gasteiger partial charge is 0.305 e. The molecule has 102 valence electrons. The molecule has 0 spiro atoms. The highest BCUT2D eigenvalue weighted by atomic mass is 35.5. The number of benzene rings is 1. The van der Waals surface area contributed by atoms with Crippen LogP contribution in [0, 0.1) is 0 Å². The fraction of sp³-hybridized carbons (Fsp3) is 0.273. The predicted molar refractivity (Wildman–Crippen MR) is 66.4 cm³/mol. The van der Waals surface area contributed by atoms with Crippen LogP contribution in [0.25, 0.3) is 0 Å². The van der Waals surface area contributed by atoms with Gasteiger partial charge in [-0.25, -0.2) is 0 Å². The van der Waals surface area contributed by atoms with Gasteiger partial charge in [-0.1, -0.05) is 11.6 Å². The average molecular weight is 287 g/mol. The van der Waals surface area contributed by atoms with Gasteiger partial charge in [-0.05, 0) is 0 Å². The zero-order chi connectivity index (χ0) is 14.0. The third-order valence-electron chi connectivity index (χ3n) is 2.45. The second kappa shape index (κ2) is 5.33. The summed E-state index contributed by atoms with van der Waals surface area (Å²) in [5.41, 5.74) is 5.73. The SMILES string of the molecule is NC(CC(=O)O)C(=O)Nc1cc2c(cc1Cl)OCO2. The second-order valence-corrected chi connectivity index (χ2v) is 4.29. The average Bonchev–Trinajstić information content (AvgIpc) is 2.75. The van der Waals surface area contributed by atoms with E-state index in [-0.39, 0.29) is 17.5 Å². The van der Waals surface area contributed by atoms with Gasteiger partial charge in [0.2, 0.25) is 12.7 Å². The molecule has 19 heavy (non-hydrogen) atoms. The van der Waals surface area contributed by atoms with Gasteiger partial charge in [0.25, 0.3) is 0 Å². The molecule has 1 heterocycles. The molecular weight excluding hydrogens is 276 g/mol. The lowest BCUT2D eigenvalue weighted by atomic mass is 10.2. The zero-order valence-electron chi connectivity index (χ0n) is 9.68. The molecule has 7 nitrogen and oxygen atoms in total. The van der Waals surface area contributed by atoms with Gasteiger partial charge in [0.05, 0.1) is 23.2 Å². The number of carbonyl (C=O) groups is 2. The summed E-state index contributed by atoms with van der Waals surface area (Å²) < 4.78 is 10.3. The Labute approximate surface area is 113 Å². The molecule has 0 radical (unpaired) electrons. The van der Waals surface area contributed by atoms with Crippen LogP contribution in [0.3, 0.4) is 0 Å². The Morgan fingerprint density at radius 2 is 2.05 bits per heavy atom. The van der Waals surface area contributed by atoms with Crippen molar-refractivity contribution in [3.63, 3.8) is 0 Å². The van der Waals surface area contributed by atoms with Crippen LogP contribution < -0.4 is 20.5 Å². The number of ether oxygens (including phenoxy) is 2. The van der Waals surface area contributed by atoms with Crippen molar-refractivity contribution in [3.05, 3.63) is 17.2 Å². The highest BCUT2D eigenvalue weighted by Gasteiger charge is 2.21. The largest absolute Gasteiger partial charge is 0.481 e. The monoisotopic (exact) mass is 286 g/mol. The molecule has 4 N–H and O–H groups in total. The normalized spacial score (nSPS) is 14.0. The lowest BCUT2D eigenvalue weighted by molar-refractivity contribution is -0.138. The predicted octanol–water partition coefficient (Wildman–Crippen LogP) is 0.809. The Hall–Kier alpha value is -1.99. The molecule has 0 aromatic heterocycles. The molecule has 0 bridgehead atoms. The number of fused-ring (bicyclic) bond motifs is 1. The summed E-state index contributed by atoms with van der Waals surface area (Å²) in [6, 6.07) is 1.84. The molecule has 1 aromatic carbocycles. The van der Waals surface area contributed by atoms with E-state index in [1.165, 1.54) is 12.1 Å². The second-order valence-electron chi connectivity index (χ2n) is 3.88. The molecular formula is C11H11ClN2O5. The van der Waals surface area contributed by atoms with E-state index in [4.69, 9.17) is 31.9 Å². The van der Waals surface area contributed by atoms with Crippen LogP contribution in [-0.2, 0) is 9.59 Å². The lowest BCUT2D eigenvalue weighted by Crippen LogP contribution is -2.37. The first-order valence-corrected chi connectivity index (χ1v) is 5.72. The molecule has 1 aliphatic heterocycles. The minimum atomic E-state index is -1.15. The molecule has 2 rings (SSSR count). The van der Waals surface area contributed by atoms with Crippen LogP contribution in [0.15, 0.2) is 12.1 Å². The number of halogens is 1. The first kappa shape index (κ1) is 13.4. The van der Waals surface area contributed by atoms with Crippen molar-refractivity contribution in [1.82, 2.24) is 0 Å². The number of nitrogens with one attached hydrogen (secondary N) is 1. The minimum Gasteiger partial charge on any atom is -0.481 e. The molecule has 1 aromatic rings. The van der Waals surface area contributed by atoms with E-state index in [1.54, 1.807) is 0 Å². The summed E-state index contributed by atoms with van der Waals surface area (Å²) in [5.74, 6) is -0.855. The lowest BCUT2D eigenvalue weighted by Gasteiger charge is -2.12. The topological polar surface area (TPSA) is 111 Å². The summed E-state index contributed by atoms with van der Waals surface area (Å²) in [6.45, 7) is 0.0849. The van der Waals surface area contributed by atoms with Crippen molar-refractivity contribution >= 4 is 29.2 Å². The third kappa shape index (κ3) is 3.07. The molecule has 0 saturated carbocycles. The first-order chi connectivity index (χ1) is 8.97. The quantitative estimate of drug-likeness (QED) is 0.755. The van der Waals surface area contributed by atoms with Crippen LogP contribution in [0.2, 0.25) is 5.02 Å². The third-order valence-corrected chi connectivity index (χ3v) is 2.76. The fourth-order valence-corrected chi connectivity index (χ4v) is 1.72. The van der Waals surface area contributed by atoms with Gasteiger partial charge in [-0.15, -0.1) is 0 Å². The van der Waals surface area contributed by atoms with Gasteiger partial charge in [0, 0.05) is 12.1 Å².